The van der Waals surface area contributed by atoms with E-state index in [1.165, 1.54) is 23.1 Å². The van der Waals surface area contributed by atoms with E-state index in [2.05, 4.69) is 15.0 Å². The normalized spacial score (nSPS) is 11.7. The number of nitrogen functional groups attached to an aromatic ring is 2. The van der Waals surface area contributed by atoms with Gasteiger partial charge in [0.25, 0.3) is 0 Å². The Kier molecular flexibility index (Phi) is 3.22. The van der Waals surface area contributed by atoms with Gasteiger partial charge in [-0.2, -0.15) is 10.3 Å². The Bertz CT molecular complexity index is 682. The van der Waals surface area contributed by atoms with Crippen molar-refractivity contribution in [2.75, 3.05) is 17.7 Å². The summed E-state index contributed by atoms with van der Waals surface area (Å²) in [6.07, 6.45) is 3.53. The molecule has 2 rings (SSSR count). The summed E-state index contributed by atoms with van der Waals surface area (Å²) in [4.78, 5) is 11.8. The van der Waals surface area contributed by atoms with Gasteiger partial charge < -0.3 is 11.5 Å². The van der Waals surface area contributed by atoms with Gasteiger partial charge >= 0.3 is 5.95 Å². The van der Waals surface area contributed by atoms with Crippen molar-refractivity contribution in [2.45, 2.75) is 5.03 Å². The first-order valence-corrected chi connectivity index (χ1v) is 6.80. The smallest absolute Gasteiger partial charge is 0.389 e. The van der Waals surface area contributed by atoms with Crippen molar-refractivity contribution >= 4 is 50.8 Å². The summed E-state index contributed by atoms with van der Waals surface area (Å²) < 4.78 is 0. The van der Waals surface area contributed by atoms with E-state index in [9.17, 15) is 0 Å². The largest absolute Gasteiger partial charge is 0.397 e. The maximum Gasteiger partial charge on any atom is 0.389 e. The van der Waals surface area contributed by atoms with E-state index >= 15 is 0 Å². The molecule has 2 heterocycles. The fraction of sp³-hybridized carbons (Fsp3) is 0.111. The van der Waals surface area contributed by atoms with Gasteiger partial charge in [0, 0.05) is 0 Å². The number of aromatic nitrogens is 2. The Morgan fingerprint density at radius 3 is 2.89 bits per heavy atom. The first-order valence-electron chi connectivity index (χ1n) is 4.75. The predicted octanol–water partition coefficient (Wildman–Crippen LogP) is 0.183. The number of amidine groups is 1. The van der Waals surface area contributed by atoms with E-state index in [4.69, 9.17) is 22.5 Å². The molecule has 0 radical (unpaired) electrons. The average Bonchev–Trinajstić information content (AvgIpc) is 2.66. The van der Waals surface area contributed by atoms with Crippen LogP contribution in [0.25, 0.3) is 10.2 Å². The fourth-order valence-corrected chi connectivity index (χ4v) is 3.19. The van der Waals surface area contributed by atoms with Gasteiger partial charge in [0.1, 0.15) is 5.03 Å². The van der Waals surface area contributed by atoms with E-state index in [0.29, 0.717) is 21.3 Å². The molecule has 2 aromatic rings. The molecule has 0 saturated carbocycles. The van der Waals surface area contributed by atoms with Gasteiger partial charge in [-0.25, -0.2) is 4.98 Å². The zero-order chi connectivity index (χ0) is 13.3. The minimum absolute atomic E-state index is 0.0867. The first kappa shape index (κ1) is 12.4. The SMILES string of the molecule is CSc1[nH+]c(N)nc2sc(C(N)=NC#N)c(N)c12. The number of nitrogens with zero attached hydrogens (tertiary/aromatic N) is 3. The molecule has 2 aromatic heterocycles. The van der Waals surface area contributed by atoms with Crippen LogP contribution in [0.15, 0.2) is 10.0 Å². The van der Waals surface area contributed by atoms with Gasteiger partial charge in [-0.3, -0.25) is 5.73 Å². The highest BCUT2D eigenvalue weighted by molar-refractivity contribution is 7.98. The summed E-state index contributed by atoms with van der Waals surface area (Å²) >= 11 is 2.73. The van der Waals surface area contributed by atoms with Crippen LogP contribution in [0.2, 0.25) is 0 Å². The van der Waals surface area contributed by atoms with E-state index in [0.717, 1.165) is 10.4 Å². The quantitative estimate of drug-likeness (QED) is 0.235. The Morgan fingerprint density at radius 2 is 2.28 bits per heavy atom. The van der Waals surface area contributed by atoms with Crippen molar-refractivity contribution in [1.29, 1.82) is 5.26 Å². The van der Waals surface area contributed by atoms with E-state index in [-0.39, 0.29) is 5.84 Å². The lowest BCUT2D eigenvalue weighted by Gasteiger charge is -1.98. The minimum atomic E-state index is 0.0867. The summed E-state index contributed by atoms with van der Waals surface area (Å²) in [6, 6.07) is 0. The molecule has 0 aliphatic heterocycles. The van der Waals surface area contributed by atoms with Crippen LogP contribution in [0.1, 0.15) is 4.88 Å². The van der Waals surface area contributed by atoms with Crippen molar-refractivity contribution in [2.24, 2.45) is 10.7 Å². The number of H-pyrrole nitrogens is 1. The van der Waals surface area contributed by atoms with Crippen LogP contribution in [0.3, 0.4) is 0 Å². The maximum absolute atomic E-state index is 8.51. The standard InChI is InChI=1S/C9H9N7S2/c1-17-7-3-4(11)5(6(12)14-2-10)18-8(3)16-9(13)15-7/h11H2,1H3,(H2,12,14)(H2,13,15,16)/p+1. The number of aromatic amines is 1. The molecule has 7 N–H and O–H groups in total. The molecule has 9 heteroatoms. The lowest BCUT2D eigenvalue weighted by molar-refractivity contribution is -0.410. The van der Waals surface area contributed by atoms with E-state index in [1.54, 1.807) is 6.19 Å². The van der Waals surface area contributed by atoms with Crippen LogP contribution < -0.4 is 22.2 Å². The third-order valence-electron chi connectivity index (χ3n) is 2.22. The number of anilines is 2. The Morgan fingerprint density at radius 1 is 1.56 bits per heavy atom. The lowest BCUT2D eigenvalue weighted by atomic mass is 10.3. The number of nitrogens with one attached hydrogen (secondary N) is 1. The average molecular weight is 280 g/mol. The highest BCUT2D eigenvalue weighted by Gasteiger charge is 2.21. The highest BCUT2D eigenvalue weighted by Crippen LogP contribution is 2.36. The van der Waals surface area contributed by atoms with Crippen LogP contribution in [-0.4, -0.2) is 17.1 Å². The van der Waals surface area contributed by atoms with Gasteiger partial charge in [-0.15, -0.1) is 0 Å². The summed E-state index contributed by atoms with van der Waals surface area (Å²) in [5.74, 6) is 0.388. The monoisotopic (exact) mass is 280 g/mol. The number of fused-ring (bicyclic) bond motifs is 1. The summed E-state index contributed by atoms with van der Waals surface area (Å²) in [7, 11) is 0. The molecular weight excluding hydrogens is 270 g/mol. The van der Waals surface area contributed by atoms with E-state index < -0.39 is 0 Å². The second-order valence-electron chi connectivity index (χ2n) is 3.28. The topological polar surface area (TPSA) is 141 Å². The van der Waals surface area contributed by atoms with Crippen molar-refractivity contribution in [3.8, 4) is 6.19 Å². The van der Waals surface area contributed by atoms with Crippen LogP contribution in [0, 0.1) is 11.5 Å². The molecule has 0 spiro atoms. The Hall–Kier alpha value is -2.05. The molecule has 0 unspecified atom stereocenters. The molecule has 0 atom stereocenters. The molecule has 0 aromatic carbocycles. The first-order chi connectivity index (χ1) is 8.58. The van der Waals surface area contributed by atoms with E-state index in [1.807, 2.05) is 6.26 Å². The summed E-state index contributed by atoms with van der Waals surface area (Å²) in [6.45, 7) is 0. The minimum Gasteiger partial charge on any atom is -0.397 e. The molecule has 0 fully saturated rings. The second kappa shape index (κ2) is 4.67. The number of aliphatic imine (C=N–C) groups is 1. The second-order valence-corrected chi connectivity index (χ2v) is 5.09. The number of nitrogens with two attached hydrogens (primary N) is 3. The molecular formula is C9H10N7S2+. The van der Waals surface area contributed by atoms with Gasteiger partial charge in [0.05, 0.1) is 16.0 Å². The summed E-state index contributed by atoms with van der Waals surface area (Å²) in [5, 5.41) is 10.1. The lowest BCUT2D eigenvalue weighted by Crippen LogP contribution is -2.15. The van der Waals surface area contributed by atoms with Crippen molar-refractivity contribution in [3.63, 3.8) is 0 Å². The number of thioether (sulfide) groups is 1. The molecule has 0 aliphatic carbocycles. The van der Waals surface area contributed by atoms with Crippen LogP contribution in [0.4, 0.5) is 11.6 Å². The molecule has 18 heavy (non-hydrogen) atoms. The van der Waals surface area contributed by atoms with Gasteiger partial charge in [-0.1, -0.05) is 28.1 Å². The maximum atomic E-state index is 8.51. The molecule has 0 saturated heterocycles. The molecule has 7 nitrogen and oxygen atoms in total. The van der Waals surface area contributed by atoms with Crippen molar-refractivity contribution in [3.05, 3.63) is 4.88 Å². The third-order valence-corrected chi connectivity index (χ3v) is 4.06. The molecule has 0 bridgehead atoms. The zero-order valence-corrected chi connectivity index (χ0v) is 11.0. The van der Waals surface area contributed by atoms with Crippen LogP contribution in [-0.2, 0) is 0 Å². The number of hydrogen-bond donors (Lipinski definition) is 3. The molecule has 0 amide bonds. The van der Waals surface area contributed by atoms with Crippen LogP contribution >= 0.6 is 23.1 Å². The highest BCUT2D eigenvalue weighted by atomic mass is 32.2. The van der Waals surface area contributed by atoms with Gasteiger partial charge in [0.15, 0.2) is 5.84 Å². The fourth-order valence-electron chi connectivity index (χ4n) is 1.49. The third kappa shape index (κ3) is 1.92. The van der Waals surface area contributed by atoms with Gasteiger partial charge in [-0.05, 0) is 6.26 Å². The number of nitriles is 1. The van der Waals surface area contributed by atoms with Gasteiger partial charge in [0.2, 0.25) is 11.0 Å². The number of hydrogen-bond acceptors (Lipinski definition) is 7. The molecule has 0 aliphatic rings. The number of thiophene rings is 1. The van der Waals surface area contributed by atoms with Crippen molar-refractivity contribution < 1.29 is 4.98 Å². The van der Waals surface area contributed by atoms with Crippen LogP contribution in [0.5, 0.6) is 0 Å². The Balaban J connectivity index is 2.79. The Labute approximate surface area is 111 Å². The predicted molar refractivity (Wildman–Crippen MR) is 73.1 cm³/mol. The molecule has 92 valence electrons. The van der Waals surface area contributed by atoms with Crippen molar-refractivity contribution in [1.82, 2.24) is 4.98 Å². The zero-order valence-electron chi connectivity index (χ0n) is 9.39. The number of rotatable bonds is 2. The summed E-state index contributed by atoms with van der Waals surface area (Å²) in [5.41, 5.74) is 17.8.